The predicted molar refractivity (Wildman–Crippen MR) is 82.7 cm³/mol. The lowest BCUT2D eigenvalue weighted by Gasteiger charge is -2.21. The molecule has 0 N–H and O–H groups in total. The van der Waals surface area contributed by atoms with Gasteiger partial charge in [-0.2, -0.15) is 9.40 Å². The molecule has 0 saturated carbocycles. The molecule has 0 aliphatic rings. The number of halogens is 2. The maximum Gasteiger partial charge on any atom is 0.252 e. The first-order chi connectivity index (χ1) is 10.8. The molecule has 0 amide bonds. The fourth-order valence-corrected chi connectivity index (χ4v) is 3.42. The van der Waals surface area contributed by atoms with Gasteiger partial charge in [-0.1, -0.05) is 30.3 Å². The van der Waals surface area contributed by atoms with Crippen LogP contribution in [0.5, 0.6) is 0 Å². The van der Waals surface area contributed by atoms with E-state index < -0.39 is 23.0 Å². The molecular formula is C15H19F2N3O2S. The van der Waals surface area contributed by atoms with E-state index in [9.17, 15) is 17.2 Å². The standard InChI is InChI=1S/C15H19F2N3O2S/c1-12(2)20-10-14(8-18-20)23(21,22)19(11-15(16)17)9-13-6-4-3-5-7-13/h3-8,10,12,15H,9,11H2,1-2H3. The quantitative estimate of drug-likeness (QED) is 0.777. The lowest BCUT2D eigenvalue weighted by atomic mass is 10.2. The van der Waals surface area contributed by atoms with Crippen molar-refractivity contribution >= 4 is 10.0 Å². The second-order valence-electron chi connectivity index (χ2n) is 5.42. The summed E-state index contributed by atoms with van der Waals surface area (Å²) >= 11 is 0. The van der Waals surface area contributed by atoms with Crippen molar-refractivity contribution in [3.8, 4) is 0 Å². The van der Waals surface area contributed by atoms with E-state index in [0.29, 0.717) is 5.56 Å². The minimum Gasteiger partial charge on any atom is -0.269 e. The molecule has 0 aliphatic heterocycles. The van der Waals surface area contributed by atoms with E-state index in [1.165, 1.54) is 17.1 Å². The van der Waals surface area contributed by atoms with Gasteiger partial charge in [-0.3, -0.25) is 4.68 Å². The van der Waals surface area contributed by atoms with E-state index in [4.69, 9.17) is 0 Å². The van der Waals surface area contributed by atoms with Crippen molar-refractivity contribution < 1.29 is 17.2 Å². The number of nitrogens with zero attached hydrogens (tertiary/aromatic N) is 3. The van der Waals surface area contributed by atoms with E-state index in [0.717, 1.165) is 4.31 Å². The van der Waals surface area contributed by atoms with Gasteiger partial charge in [0, 0.05) is 18.8 Å². The molecule has 1 heterocycles. The van der Waals surface area contributed by atoms with Crippen molar-refractivity contribution in [3.63, 3.8) is 0 Å². The summed E-state index contributed by atoms with van der Waals surface area (Å²) in [6.45, 7) is 2.74. The van der Waals surface area contributed by atoms with E-state index in [1.54, 1.807) is 30.3 Å². The van der Waals surface area contributed by atoms with Gasteiger partial charge in [0.25, 0.3) is 6.43 Å². The van der Waals surface area contributed by atoms with E-state index in [1.807, 2.05) is 13.8 Å². The summed E-state index contributed by atoms with van der Waals surface area (Å²) in [5.41, 5.74) is 0.646. The first-order valence-corrected chi connectivity index (χ1v) is 8.61. The molecule has 2 rings (SSSR count). The van der Waals surface area contributed by atoms with Crippen molar-refractivity contribution in [1.29, 1.82) is 0 Å². The molecule has 0 fully saturated rings. The van der Waals surface area contributed by atoms with Crippen LogP contribution in [0.15, 0.2) is 47.6 Å². The van der Waals surface area contributed by atoms with Crippen LogP contribution in [0, 0.1) is 0 Å². The van der Waals surface area contributed by atoms with Crippen LogP contribution in [0.25, 0.3) is 0 Å². The van der Waals surface area contributed by atoms with E-state index in [-0.39, 0.29) is 17.5 Å². The summed E-state index contributed by atoms with van der Waals surface area (Å²) in [4.78, 5) is -0.0808. The van der Waals surface area contributed by atoms with Crippen molar-refractivity contribution in [2.24, 2.45) is 0 Å². The van der Waals surface area contributed by atoms with Crippen LogP contribution >= 0.6 is 0 Å². The molecule has 0 spiro atoms. The summed E-state index contributed by atoms with van der Waals surface area (Å²) in [5, 5.41) is 3.97. The number of benzene rings is 1. The predicted octanol–water partition coefficient (Wildman–Crippen LogP) is 2.92. The molecule has 5 nitrogen and oxygen atoms in total. The molecule has 2 aromatic rings. The number of aromatic nitrogens is 2. The smallest absolute Gasteiger partial charge is 0.252 e. The largest absolute Gasteiger partial charge is 0.269 e. The molecule has 23 heavy (non-hydrogen) atoms. The monoisotopic (exact) mass is 343 g/mol. The highest BCUT2D eigenvalue weighted by Crippen LogP contribution is 2.20. The van der Waals surface area contributed by atoms with Crippen LogP contribution in [0.4, 0.5) is 8.78 Å². The molecule has 1 aromatic heterocycles. The minimum atomic E-state index is -4.04. The Balaban J connectivity index is 2.32. The summed E-state index contributed by atoms with van der Waals surface area (Å²) < 4.78 is 53.2. The highest BCUT2D eigenvalue weighted by Gasteiger charge is 2.29. The van der Waals surface area contributed by atoms with Crippen LogP contribution in [-0.4, -0.2) is 35.5 Å². The Labute approximate surface area is 134 Å². The highest BCUT2D eigenvalue weighted by atomic mass is 32.2. The lowest BCUT2D eigenvalue weighted by molar-refractivity contribution is 0.118. The Morgan fingerprint density at radius 1 is 1.22 bits per heavy atom. The Morgan fingerprint density at radius 2 is 1.87 bits per heavy atom. The van der Waals surface area contributed by atoms with Gasteiger partial charge < -0.3 is 0 Å². The normalized spacial score (nSPS) is 12.5. The molecule has 1 aromatic carbocycles. The zero-order chi connectivity index (χ0) is 17.0. The van der Waals surface area contributed by atoms with Crippen LogP contribution in [0.1, 0.15) is 25.5 Å². The number of rotatable bonds is 7. The Bertz CT molecular complexity index is 730. The van der Waals surface area contributed by atoms with Crippen molar-refractivity contribution in [2.45, 2.75) is 37.8 Å². The average Bonchev–Trinajstić information content (AvgIpc) is 2.98. The zero-order valence-corrected chi connectivity index (χ0v) is 13.7. The van der Waals surface area contributed by atoms with Gasteiger partial charge in [0.05, 0.1) is 12.7 Å². The highest BCUT2D eigenvalue weighted by molar-refractivity contribution is 7.89. The molecule has 0 bridgehead atoms. The molecular weight excluding hydrogens is 324 g/mol. The zero-order valence-electron chi connectivity index (χ0n) is 12.9. The van der Waals surface area contributed by atoms with Gasteiger partial charge in [0.1, 0.15) is 4.90 Å². The minimum absolute atomic E-state index is 0.0170. The van der Waals surface area contributed by atoms with Gasteiger partial charge >= 0.3 is 0 Å². The van der Waals surface area contributed by atoms with Crippen LogP contribution in [0.2, 0.25) is 0 Å². The molecule has 8 heteroatoms. The Morgan fingerprint density at radius 3 is 2.39 bits per heavy atom. The van der Waals surface area contributed by atoms with Gasteiger partial charge in [-0.05, 0) is 19.4 Å². The van der Waals surface area contributed by atoms with Crippen LogP contribution in [0.3, 0.4) is 0 Å². The molecule has 126 valence electrons. The fraction of sp³-hybridized carbons (Fsp3) is 0.400. The number of hydrogen-bond donors (Lipinski definition) is 0. The number of sulfonamides is 1. The van der Waals surface area contributed by atoms with E-state index >= 15 is 0 Å². The fourth-order valence-electron chi connectivity index (χ4n) is 2.07. The number of alkyl halides is 2. The van der Waals surface area contributed by atoms with E-state index in [2.05, 4.69) is 5.10 Å². The molecule has 0 unspecified atom stereocenters. The van der Waals surface area contributed by atoms with Gasteiger partial charge in [-0.25, -0.2) is 17.2 Å². The first-order valence-electron chi connectivity index (χ1n) is 7.17. The van der Waals surface area contributed by atoms with Gasteiger partial charge in [0.2, 0.25) is 10.0 Å². The number of hydrogen-bond acceptors (Lipinski definition) is 3. The maximum absolute atomic E-state index is 12.8. The van der Waals surface area contributed by atoms with Crippen molar-refractivity contribution in [3.05, 3.63) is 48.3 Å². The summed E-state index contributed by atoms with van der Waals surface area (Å²) in [5.74, 6) is 0. The van der Waals surface area contributed by atoms with Crippen molar-refractivity contribution in [1.82, 2.24) is 14.1 Å². The SMILES string of the molecule is CC(C)n1cc(S(=O)(=O)N(Cc2ccccc2)CC(F)F)cn1. The average molecular weight is 343 g/mol. The Kier molecular flexibility index (Phi) is 5.48. The molecule has 0 aliphatic carbocycles. The topological polar surface area (TPSA) is 55.2 Å². The maximum atomic E-state index is 12.8. The molecule has 0 saturated heterocycles. The first kappa shape index (κ1) is 17.6. The second kappa shape index (κ2) is 7.18. The molecule has 0 radical (unpaired) electrons. The third-order valence-corrected chi connectivity index (χ3v) is 5.05. The lowest BCUT2D eigenvalue weighted by Crippen LogP contribution is -2.34. The summed E-state index contributed by atoms with van der Waals surface area (Å²) in [6.07, 6.45) is -0.198. The van der Waals surface area contributed by atoms with Gasteiger partial charge in [0.15, 0.2) is 0 Å². The third kappa shape index (κ3) is 4.35. The summed E-state index contributed by atoms with van der Waals surface area (Å²) in [6, 6.07) is 8.63. The second-order valence-corrected chi connectivity index (χ2v) is 7.36. The molecule has 0 atom stereocenters. The van der Waals surface area contributed by atoms with Crippen molar-refractivity contribution in [2.75, 3.05) is 6.54 Å². The van der Waals surface area contributed by atoms with Gasteiger partial charge in [-0.15, -0.1) is 0 Å². The van der Waals surface area contributed by atoms with Crippen LogP contribution in [-0.2, 0) is 16.6 Å². The Hall–Kier alpha value is -1.80. The third-order valence-electron chi connectivity index (χ3n) is 3.29. The summed E-state index contributed by atoms with van der Waals surface area (Å²) in [7, 11) is -4.04. The van der Waals surface area contributed by atoms with Crippen LogP contribution < -0.4 is 0 Å².